The molecule has 1 atom stereocenters. The fraction of sp³-hybridized carbons (Fsp3) is 0.571. The predicted molar refractivity (Wildman–Crippen MR) is 106 cm³/mol. The van der Waals surface area contributed by atoms with Crippen LogP contribution in [0.3, 0.4) is 0 Å². The first-order valence-corrected chi connectivity index (χ1v) is 10.2. The van der Waals surface area contributed by atoms with Gasteiger partial charge >= 0.3 is 6.03 Å². The van der Waals surface area contributed by atoms with Gasteiger partial charge in [-0.15, -0.1) is 0 Å². The summed E-state index contributed by atoms with van der Waals surface area (Å²) >= 11 is 0. The number of imide groups is 1. The van der Waals surface area contributed by atoms with Crippen LogP contribution in [0.15, 0.2) is 30.3 Å². The third-order valence-electron chi connectivity index (χ3n) is 5.57. The summed E-state index contributed by atoms with van der Waals surface area (Å²) in [5.41, 5.74) is 2.60. The number of amides is 4. The smallest absolute Gasteiger partial charge is 0.322 e. The predicted octanol–water partition coefficient (Wildman–Crippen LogP) is 2.23. The van der Waals surface area contributed by atoms with Gasteiger partial charge in [-0.2, -0.15) is 5.01 Å². The zero-order valence-corrected chi connectivity index (χ0v) is 16.6. The molecule has 2 aliphatic heterocycles. The van der Waals surface area contributed by atoms with Gasteiger partial charge in [0.25, 0.3) is 11.8 Å². The van der Waals surface area contributed by atoms with Gasteiger partial charge in [-0.3, -0.25) is 19.9 Å². The quantitative estimate of drug-likeness (QED) is 0.735. The number of hydrogen-bond acceptors (Lipinski definition) is 4. The van der Waals surface area contributed by atoms with Gasteiger partial charge in [-0.05, 0) is 51.3 Å². The Bertz CT molecular complexity index is 701. The van der Waals surface area contributed by atoms with Crippen LogP contribution < -0.4 is 10.7 Å². The topological polar surface area (TPSA) is 81.8 Å². The monoisotopic (exact) mass is 386 g/mol. The molecule has 0 aromatic heterocycles. The Balaban J connectivity index is 1.54. The minimum Gasteiger partial charge on any atom is -0.322 e. The average molecular weight is 386 g/mol. The summed E-state index contributed by atoms with van der Waals surface area (Å²) in [6.45, 7) is 3.67. The molecule has 2 saturated heterocycles. The van der Waals surface area contributed by atoms with E-state index < -0.39 is 17.5 Å². The second-order valence-corrected chi connectivity index (χ2v) is 7.97. The van der Waals surface area contributed by atoms with Gasteiger partial charge in [0.05, 0.1) is 6.54 Å². The van der Waals surface area contributed by atoms with Gasteiger partial charge in [0.1, 0.15) is 5.54 Å². The van der Waals surface area contributed by atoms with Crippen LogP contribution in [0.1, 0.15) is 51.0 Å². The van der Waals surface area contributed by atoms with Crippen molar-refractivity contribution in [1.82, 2.24) is 20.7 Å². The van der Waals surface area contributed by atoms with Crippen LogP contribution in [-0.4, -0.2) is 52.9 Å². The third kappa shape index (κ3) is 5.10. The lowest BCUT2D eigenvalue weighted by Crippen LogP contribution is -2.51. The molecule has 7 nitrogen and oxygen atoms in total. The van der Waals surface area contributed by atoms with Crippen LogP contribution in [0.2, 0.25) is 0 Å². The second-order valence-electron chi connectivity index (χ2n) is 7.97. The highest BCUT2D eigenvalue weighted by atomic mass is 16.2. The van der Waals surface area contributed by atoms with Crippen LogP contribution in [0.4, 0.5) is 4.79 Å². The Morgan fingerprint density at radius 2 is 1.71 bits per heavy atom. The van der Waals surface area contributed by atoms with Crippen LogP contribution in [0.25, 0.3) is 0 Å². The minimum absolute atomic E-state index is 0.206. The lowest BCUT2D eigenvalue weighted by molar-refractivity contribution is -0.139. The van der Waals surface area contributed by atoms with E-state index in [1.54, 1.807) is 6.92 Å². The van der Waals surface area contributed by atoms with E-state index in [4.69, 9.17) is 0 Å². The van der Waals surface area contributed by atoms with Gasteiger partial charge < -0.3 is 5.32 Å². The Morgan fingerprint density at radius 3 is 2.39 bits per heavy atom. The van der Waals surface area contributed by atoms with Gasteiger partial charge in [0, 0.05) is 0 Å². The number of rotatable bonds is 6. The summed E-state index contributed by atoms with van der Waals surface area (Å²) in [6, 6.07) is 9.26. The van der Waals surface area contributed by atoms with Crippen molar-refractivity contribution in [3.63, 3.8) is 0 Å². The molecule has 2 N–H and O–H groups in total. The van der Waals surface area contributed by atoms with E-state index >= 15 is 0 Å². The van der Waals surface area contributed by atoms with Crippen molar-refractivity contribution in [2.24, 2.45) is 0 Å². The third-order valence-corrected chi connectivity index (χ3v) is 5.57. The molecule has 1 aromatic rings. The van der Waals surface area contributed by atoms with Crippen molar-refractivity contribution in [2.45, 2.75) is 57.4 Å². The van der Waals surface area contributed by atoms with Gasteiger partial charge in [0.15, 0.2) is 0 Å². The SMILES string of the molecule is C[C@]1(CCc2ccccc2)NC(=O)N(NC(=O)CN2CCCCCCC2)C1=O. The Hall–Kier alpha value is -2.41. The van der Waals surface area contributed by atoms with E-state index in [1.807, 2.05) is 30.3 Å². The van der Waals surface area contributed by atoms with Crippen molar-refractivity contribution < 1.29 is 14.4 Å². The Morgan fingerprint density at radius 1 is 1.07 bits per heavy atom. The fourth-order valence-electron chi connectivity index (χ4n) is 3.83. The highest BCUT2D eigenvalue weighted by Gasteiger charge is 2.48. The number of hydrogen-bond donors (Lipinski definition) is 2. The maximum atomic E-state index is 12.8. The summed E-state index contributed by atoms with van der Waals surface area (Å²) in [5, 5.41) is 3.58. The van der Waals surface area contributed by atoms with Crippen molar-refractivity contribution in [3.05, 3.63) is 35.9 Å². The largest absolute Gasteiger partial charge is 0.344 e. The molecule has 0 spiro atoms. The zero-order chi connectivity index (χ0) is 20.0. The summed E-state index contributed by atoms with van der Waals surface area (Å²) in [7, 11) is 0. The summed E-state index contributed by atoms with van der Waals surface area (Å²) in [4.78, 5) is 39.6. The first-order valence-electron chi connectivity index (χ1n) is 10.2. The van der Waals surface area contributed by atoms with E-state index in [9.17, 15) is 14.4 Å². The molecule has 2 fully saturated rings. The average Bonchev–Trinajstić information content (AvgIpc) is 2.87. The normalized spacial score (nSPS) is 23.8. The number of aryl methyl sites for hydroxylation is 1. The molecule has 4 amide bonds. The molecular formula is C21H30N4O3. The maximum Gasteiger partial charge on any atom is 0.344 e. The number of nitrogens with one attached hydrogen (secondary N) is 2. The van der Waals surface area contributed by atoms with E-state index in [0.29, 0.717) is 12.8 Å². The van der Waals surface area contributed by atoms with Crippen LogP contribution in [0, 0.1) is 0 Å². The first kappa shape index (κ1) is 20.3. The fourth-order valence-corrected chi connectivity index (χ4v) is 3.83. The molecule has 2 aliphatic rings. The molecule has 7 heteroatoms. The lowest BCUT2D eigenvalue weighted by atomic mass is 9.93. The van der Waals surface area contributed by atoms with E-state index in [0.717, 1.165) is 36.5 Å². The van der Waals surface area contributed by atoms with E-state index in [-0.39, 0.29) is 12.5 Å². The molecule has 0 bridgehead atoms. The molecule has 3 rings (SSSR count). The number of nitrogens with zero attached hydrogens (tertiary/aromatic N) is 2. The number of hydrazine groups is 1. The van der Waals surface area contributed by atoms with Crippen molar-refractivity contribution >= 4 is 17.8 Å². The van der Waals surface area contributed by atoms with E-state index in [1.165, 1.54) is 19.3 Å². The van der Waals surface area contributed by atoms with Gasteiger partial charge in [-0.25, -0.2) is 4.79 Å². The Kier molecular flexibility index (Phi) is 6.67. The molecule has 1 aromatic carbocycles. The van der Waals surface area contributed by atoms with Crippen molar-refractivity contribution in [3.8, 4) is 0 Å². The second kappa shape index (κ2) is 9.19. The molecule has 2 heterocycles. The highest BCUT2D eigenvalue weighted by molar-refractivity contribution is 6.07. The molecule has 0 aliphatic carbocycles. The van der Waals surface area contributed by atoms with Gasteiger partial charge in [0.2, 0.25) is 0 Å². The van der Waals surface area contributed by atoms with Gasteiger partial charge in [-0.1, -0.05) is 49.6 Å². The van der Waals surface area contributed by atoms with Crippen molar-refractivity contribution in [1.29, 1.82) is 0 Å². The molecule has 0 radical (unpaired) electrons. The van der Waals surface area contributed by atoms with E-state index in [2.05, 4.69) is 15.6 Å². The number of carbonyl (C=O) groups excluding carboxylic acids is 3. The number of benzene rings is 1. The summed E-state index contributed by atoms with van der Waals surface area (Å²) < 4.78 is 0. The number of urea groups is 1. The Labute approximate surface area is 166 Å². The summed E-state index contributed by atoms with van der Waals surface area (Å²) in [5.74, 6) is -0.731. The minimum atomic E-state index is -1.01. The van der Waals surface area contributed by atoms with Crippen LogP contribution >= 0.6 is 0 Å². The molecule has 28 heavy (non-hydrogen) atoms. The standard InChI is InChI=1S/C21H30N4O3/c1-21(13-12-17-10-6-5-7-11-17)19(27)25(20(28)22-21)23-18(26)16-24-14-8-3-2-4-9-15-24/h5-7,10-11H,2-4,8-9,12-16H2,1H3,(H,22,28)(H,23,26)/t21-/m1/s1. The zero-order valence-electron chi connectivity index (χ0n) is 16.6. The highest BCUT2D eigenvalue weighted by Crippen LogP contribution is 2.22. The molecular weight excluding hydrogens is 356 g/mol. The number of likely N-dealkylation sites (tertiary alicyclic amines) is 1. The molecule has 0 unspecified atom stereocenters. The molecule has 152 valence electrons. The van der Waals surface area contributed by atoms with Crippen LogP contribution in [0.5, 0.6) is 0 Å². The maximum absolute atomic E-state index is 12.8. The van der Waals surface area contributed by atoms with Crippen LogP contribution in [-0.2, 0) is 16.0 Å². The number of carbonyl (C=O) groups is 3. The lowest BCUT2D eigenvalue weighted by Gasteiger charge is -2.25. The van der Waals surface area contributed by atoms with Crippen molar-refractivity contribution in [2.75, 3.05) is 19.6 Å². The summed E-state index contributed by atoms with van der Waals surface area (Å²) in [6.07, 6.45) is 6.92. The first-order chi connectivity index (χ1) is 13.5. The molecule has 0 saturated carbocycles.